The summed E-state index contributed by atoms with van der Waals surface area (Å²) in [4.78, 5) is 11.3. The van der Waals surface area contributed by atoms with E-state index in [1.807, 2.05) is 6.92 Å². The number of rotatable bonds is 5. The van der Waals surface area contributed by atoms with Crippen molar-refractivity contribution in [1.82, 2.24) is 5.32 Å². The van der Waals surface area contributed by atoms with Gasteiger partial charge in [0.05, 0.1) is 25.9 Å². The van der Waals surface area contributed by atoms with Crippen LogP contribution in [0.3, 0.4) is 0 Å². The van der Waals surface area contributed by atoms with E-state index in [9.17, 15) is 4.79 Å². The zero-order valence-electron chi connectivity index (χ0n) is 12.4. The van der Waals surface area contributed by atoms with Crippen LogP contribution in [-0.4, -0.2) is 37.9 Å². The predicted octanol–water partition coefficient (Wildman–Crippen LogP) is 1.98. The first-order valence-electron chi connectivity index (χ1n) is 7.60. The minimum atomic E-state index is -0.145. The molecule has 0 aromatic carbocycles. The average molecular weight is 269 g/mol. The second-order valence-corrected chi connectivity index (χ2v) is 6.23. The van der Waals surface area contributed by atoms with Crippen LogP contribution in [0.5, 0.6) is 0 Å². The Kier molecular flexibility index (Phi) is 5.22. The SMILES string of the molecule is CCOC(=O)CN[C@@H]1C[C@@H]2CO[C@H](C(C)C)C[C@@H]2C1. The minimum Gasteiger partial charge on any atom is -0.465 e. The summed E-state index contributed by atoms with van der Waals surface area (Å²) >= 11 is 0. The highest BCUT2D eigenvalue weighted by Gasteiger charge is 2.39. The Morgan fingerprint density at radius 2 is 2.05 bits per heavy atom. The quantitative estimate of drug-likeness (QED) is 0.775. The van der Waals surface area contributed by atoms with Gasteiger partial charge in [0.25, 0.3) is 0 Å². The molecule has 1 saturated heterocycles. The van der Waals surface area contributed by atoms with Crippen LogP contribution in [0.1, 0.15) is 40.0 Å². The molecule has 0 spiro atoms. The fourth-order valence-corrected chi connectivity index (χ4v) is 3.39. The van der Waals surface area contributed by atoms with Gasteiger partial charge in [0, 0.05) is 6.04 Å². The van der Waals surface area contributed by atoms with Gasteiger partial charge in [-0.05, 0) is 43.9 Å². The van der Waals surface area contributed by atoms with E-state index in [2.05, 4.69) is 19.2 Å². The zero-order valence-corrected chi connectivity index (χ0v) is 12.4. The molecular weight excluding hydrogens is 242 g/mol. The molecule has 4 nitrogen and oxygen atoms in total. The van der Waals surface area contributed by atoms with Gasteiger partial charge in [0.2, 0.25) is 0 Å². The van der Waals surface area contributed by atoms with Crippen LogP contribution in [0.25, 0.3) is 0 Å². The molecule has 4 atom stereocenters. The van der Waals surface area contributed by atoms with Crippen LogP contribution in [0.15, 0.2) is 0 Å². The van der Waals surface area contributed by atoms with Gasteiger partial charge in [-0.3, -0.25) is 4.79 Å². The fraction of sp³-hybridized carbons (Fsp3) is 0.933. The smallest absolute Gasteiger partial charge is 0.319 e. The molecule has 1 heterocycles. The molecule has 0 aromatic heterocycles. The van der Waals surface area contributed by atoms with E-state index in [1.165, 1.54) is 12.8 Å². The number of ether oxygens (including phenoxy) is 2. The Labute approximate surface area is 116 Å². The normalized spacial score (nSPS) is 34.3. The summed E-state index contributed by atoms with van der Waals surface area (Å²) in [5, 5.41) is 3.34. The molecule has 0 amide bonds. The maximum atomic E-state index is 11.3. The van der Waals surface area contributed by atoms with Gasteiger partial charge in [-0.25, -0.2) is 0 Å². The van der Waals surface area contributed by atoms with Crippen molar-refractivity contribution in [1.29, 1.82) is 0 Å². The lowest BCUT2D eigenvalue weighted by atomic mass is 9.85. The number of hydrogen-bond acceptors (Lipinski definition) is 4. The molecule has 1 aliphatic carbocycles. The van der Waals surface area contributed by atoms with Gasteiger partial charge in [0.15, 0.2) is 0 Å². The molecule has 4 heteroatoms. The first-order chi connectivity index (χ1) is 9.10. The summed E-state index contributed by atoms with van der Waals surface area (Å²) in [7, 11) is 0. The highest BCUT2D eigenvalue weighted by atomic mass is 16.5. The third-order valence-corrected chi connectivity index (χ3v) is 4.48. The maximum Gasteiger partial charge on any atom is 0.319 e. The van der Waals surface area contributed by atoms with Crippen molar-refractivity contribution in [3.05, 3.63) is 0 Å². The third-order valence-electron chi connectivity index (χ3n) is 4.48. The van der Waals surface area contributed by atoms with Gasteiger partial charge in [-0.1, -0.05) is 13.8 Å². The van der Waals surface area contributed by atoms with Gasteiger partial charge in [-0.2, -0.15) is 0 Å². The summed E-state index contributed by atoms with van der Waals surface area (Å²) in [5.74, 6) is 1.90. The summed E-state index contributed by atoms with van der Waals surface area (Å²) in [6.45, 7) is 8.00. The van der Waals surface area contributed by atoms with Gasteiger partial charge in [0.1, 0.15) is 0 Å². The molecule has 0 bridgehead atoms. The molecule has 2 fully saturated rings. The second kappa shape index (κ2) is 6.71. The lowest BCUT2D eigenvalue weighted by Gasteiger charge is -2.34. The summed E-state index contributed by atoms with van der Waals surface area (Å²) in [6.07, 6.45) is 3.91. The van der Waals surface area contributed by atoms with E-state index < -0.39 is 0 Å². The number of fused-ring (bicyclic) bond motifs is 1. The van der Waals surface area contributed by atoms with Crippen molar-refractivity contribution in [2.45, 2.75) is 52.2 Å². The Hall–Kier alpha value is -0.610. The predicted molar refractivity (Wildman–Crippen MR) is 73.8 cm³/mol. The Morgan fingerprint density at radius 3 is 2.74 bits per heavy atom. The van der Waals surface area contributed by atoms with E-state index in [0.29, 0.717) is 37.1 Å². The number of carbonyl (C=O) groups is 1. The van der Waals surface area contributed by atoms with E-state index in [4.69, 9.17) is 9.47 Å². The van der Waals surface area contributed by atoms with E-state index in [0.717, 1.165) is 18.9 Å². The first kappa shape index (κ1) is 14.8. The van der Waals surface area contributed by atoms with Crippen LogP contribution in [0, 0.1) is 17.8 Å². The van der Waals surface area contributed by atoms with Crippen molar-refractivity contribution in [3.63, 3.8) is 0 Å². The monoisotopic (exact) mass is 269 g/mol. The van der Waals surface area contributed by atoms with Crippen LogP contribution in [0.4, 0.5) is 0 Å². The van der Waals surface area contributed by atoms with Crippen LogP contribution >= 0.6 is 0 Å². The maximum absolute atomic E-state index is 11.3. The lowest BCUT2D eigenvalue weighted by molar-refractivity contribution is -0.142. The molecule has 0 aromatic rings. The average Bonchev–Trinajstić information content (AvgIpc) is 2.78. The molecule has 1 aliphatic heterocycles. The number of hydrogen-bond donors (Lipinski definition) is 1. The topological polar surface area (TPSA) is 47.6 Å². The lowest BCUT2D eigenvalue weighted by Crippen LogP contribution is -2.33. The zero-order chi connectivity index (χ0) is 13.8. The van der Waals surface area contributed by atoms with E-state index in [-0.39, 0.29) is 5.97 Å². The van der Waals surface area contributed by atoms with Crippen LogP contribution < -0.4 is 5.32 Å². The summed E-state index contributed by atoms with van der Waals surface area (Å²) in [5.41, 5.74) is 0. The number of carbonyl (C=O) groups excluding carboxylic acids is 1. The number of nitrogens with one attached hydrogen (secondary N) is 1. The Morgan fingerprint density at radius 1 is 1.32 bits per heavy atom. The highest BCUT2D eigenvalue weighted by Crippen LogP contribution is 2.40. The molecule has 1 N–H and O–H groups in total. The third kappa shape index (κ3) is 3.93. The summed E-state index contributed by atoms with van der Waals surface area (Å²) in [6, 6.07) is 0.453. The molecule has 2 rings (SSSR count). The van der Waals surface area contributed by atoms with Crippen molar-refractivity contribution >= 4 is 5.97 Å². The van der Waals surface area contributed by atoms with Crippen molar-refractivity contribution < 1.29 is 14.3 Å². The van der Waals surface area contributed by atoms with Crippen molar-refractivity contribution in [2.24, 2.45) is 17.8 Å². The standard InChI is InChI=1S/C15H27NO3/c1-4-18-15(17)8-16-13-5-11-7-14(10(2)3)19-9-12(11)6-13/h10-14,16H,4-9H2,1-3H3/t11-,12+,13-,14-/m0/s1. The van der Waals surface area contributed by atoms with Crippen LogP contribution in [-0.2, 0) is 14.3 Å². The molecule has 0 unspecified atom stereocenters. The van der Waals surface area contributed by atoms with Crippen molar-refractivity contribution in [3.8, 4) is 0 Å². The second-order valence-electron chi connectivity index (χ2n) is 6.23. The van der Waals surface area contributed by atoms with Gasteiger partial charge < -0.3 is 14.8 Å². The molecule has 110 valence electrons. The van der Waals surface area contributed by atoms with E-state index >= 15 is 0 Å². The molecule has 2 aliphatic rings. The van der Waals surface area contributed by atoms with Gasteiger partial charge >= 0.3 is 5.97 Å². The first-order valence-corrected chi connectivity index (χ1v) is 7.60. The minimum absolute atomic E-state index is 0.145. The van der Waals surface area contributed by atoms with Crippen LogP contribution in [0.2, 0.25) is 0 Å². The molecular formula is C15H27NO3. The fourth-order valence-electron chi connectivity index (χ4n) is 3.39. The molecule has 19 heavy (non-hydrogen) atoms. The van der Waals surface area contributed by atoms with E-state index in [1.54, 1.807) is 0 Å². The number of esters is 1. The van der Waals surface area contributed by atoms with Gasteiger partial charge in [-0.15, -0.1) is 0 Å². The molecule has 0 radical (unpaired) electrons. The summed E-state index contributed by atoms with van der Waals surface area (Å²) < 4.78 is 10.9. The van der Waals surface area contributed by atoms with Crippen molar-refractivity contribution in [2.75, 3.05) is 19.8 Å². The largest absolute Gasteiger partial charge is 0.465 e. The Balaban J connectivity index is 1.75. The highest BCUT2D eigenvalue weighted by molar-refractivity contribution is 5.71. The molecule has 1 saturated carbocycles. The Bertz CT molecular complexity index is 306.